The Balaban J connectivity index is 1.57. The molecule has 23 heavy (non-hydrogen) atoms. The van der Waals surface area contributed by atoms with Crippen LogP contribution >= 0.6 is 0 Å². The van der Waals surface area contributed by atoms with Gasteiger partial charge < -0.3 is 14.9 Å². The molecule has 2 aromatic rings. The number of hydrogen-bond acceptors (Lipinski definition) is 4. The molecule has 4 heteroatoms. The molecule has 1 atom stereocenters. The highest BCUT2D eigenvalue weighted by atomic mass is 16.5. The summed E-state index contributed by atoms with van der Waals surface area (Å²) in [6.07, 6.45) is 1.71. The van der Waals surface area contributed by atoms with E-state index in [1.54, 1.807) is 12.1 Å². The van der Waals surface area contributed by atoms with Crippen LogP contribution in [0.4, 0.5) is 0 Å². The van der Waals surface area contributed by atoms with Gasteiger partial charge in [0.1, 0.15) is 23.7 Å². The zero-order chi connectivity index (χ0) is 16.1. The van der Waals surface area contributed by atoms with Gasteiger partial charge in [0.15, 0.2) is 0 Å². The standard InChI is InChI=1S/C19H23NO3/c21-17-9-7-16(8-10-17)13-20-12-4-11-19(22,14-20)15-23-18-5-2-1-3-6-18/h1-3,5-10,21-22H,4,11-15H2/t19-/m0/s1. The fraction of sp³-hybridized carbons (Fsp3) is 0.368. The molecule has 1 fully saturated rings. The fourth-order valence-electron chi connectivity index (χ4n) is 3.05. The molecule has 1 heterocycles. The van der Waals surface area contributed by atoms with Gasteiger partial charge in [-0.3, -0.25) is 4.90 Å². The minimum Gasteiger partial charge on any atom is -0.508 e. The Morgan fingerprint density at radius 1 is 1.04 bits per heavy atom. The number of hydrogen-bond donors (Lipinski definition) is 2. The lowest BCUT2D eigenvalue weighted by Gasteiger charge is -2.39. The van der Waals surface area contributed by atoms with Crippen molar-refractivity contribution in [3.63, 3.8) is 0 Å². The number of piperidine rings is 1. The molecule has 122 valence electrons. The molecule has 2 N–H and O–H groups in total. The van der Waals surface area contributed by atoms with Crippen molar-refractivity contribution in [2.75, 3.05) is 19.7 Å². The van der Waals surface area contributed by atoms with Crippen molar-refractivity contribution in [1.82, 2.24) is 4.90 Å². The molecule has 0 aliphatic carbocycles. The minimum atomic E-state index is -0.814. The second kappa shape index (κ2) is 7.02. The quantitative estimate of drug-likeness (QED) is 0.891. The van der Waals surface area contributed by atoms with Crippen LogP contribution < -0.4 is 4.74 Å². The lowest BCUT2D eigenvalue weighted by Crippen LogP contribution is -2.51. The number of para-hydroxylation sites is 1. The molecule has 0 spiro atoms. The van der Waals surface area contributed by atoms with Crippen molar-refractivity contribution >= 4 is 0 Å². The molecule has 1 aliphatic rings. The zero-order valence-electron chi connectivity index (χ0n) is 13.2. The number of aliphatic hydroxyl groups is 1. The number of likely N-dealkylation sites (tertiary alicyclic amines) is 1. The second-order valence-corrected chi connectivity index (χ2v) is 6.31. The Morgan fingerprint density at radius 3 is 2.52 bits per heavy atom. The predicted octanol–water partition coefficient (Wildman–Crippen LogP) is 2.80. The molecule has 2 aromatic carbocycles. The molecule has 3 rings (SSSR count). The summed E-state index contributed by atoms with van der Waals surface area (Å²) in [4.78, 5) is 2.24. The van der Waals surface area contributed by atoms with Gasteiger partial charge in [-0.2, -0.15) is 0 Å². The van der Waals surface area contributed by atoms with E-state index in [-0.39, 0.29) is 5.75 Å². The van der Waals surface area contributed by atoms with Gasteiger partial charge in [-0.25, -0.2) is 0 Å². The number of β-amino-alcohol motifs (C(OH)–C–C–N with tert-alkyl or cyclic N) is 1. The first-order valence-corrected chi connectivity index (χ1v) is 8.03. The van der Waals surface area contributed by atoms with Crippen molar-refractivity contribution in [3.8, 4) is 11.5 Å². The predicted molar refractivity (Wildman–Crippen MR) is 89.5 cm³/mol. The average Bonchev–Trinajstić information content (AvgIpc) is 2.56. The normalized spacial score (nSPS) is 22.0. The minimum absolute atomic E-state index is 0.278. The first-order chi connectivity index (χ1) is 11.1. The Morgan fingerprint density at radius 2 is 1.78 bits per heavy atom. The number of phenols is 1. The zero-order valence-corrected chi connectivity index (χ0v) is 13.2. The summed E-state index contributed by atoms with van der Waals surface area (Å²) >= 11 is 0. The summed E-state index contributed by atoms with van der Waals surface area (Å²) in [5.74, 6) is 1.07. The molecule has 0 radical (unpaired) electrons. The summed E-state index contributed by atoms with van der Waals surface area (Å²) in [6.45, 7) is 2.65. The average molecular weight is 313 g/mol. The van der Waals surface area contributed by atoms with Crippen LogP contribution in [0.25, 0.3) is 0 Å². The van der Waals surface area contributed by atoms with Gasteiger partial charge >= 0.3 is 0 Å². The van der Waals surface area contributed by atoms with Crippen LogP contribution in [0.1, 0.15) is 18.4 Å². The SMILES string of the molecule is Oc1ccc(CN2CCC[C@@](O)(COc3ccccc3)C2)cc1. The first-order valence-electron chi connectivity index (χ1n) is 8.03. The molecular weight excluding hydrogens is 290 g/mol. The molecule has 4 nitrogen and oxygen atoms in total. The third-order valence-electron chi connectivity index (χ3n) is 4.23. The maximum absolute atomic E-state index is 10.8. The van der Waals surface area contributed by atoms with E-state index in [1.807, 2.05) is 42.5 Å². The summed E-state index contributed by atoms with van der Waals surface area (Å²) < 4.78 is 5.75. The van der Waals surface area contributed by atoms with Crippen molar-refractivity contribution in [3.05, 3.63) is 60.2 Å². The van der Waals surface area contributed by atoms with Gasteiger partial charge in [0.05, 0.1) is 0 Å². The van der Waals surface area contributed by atoms with Gasteiger partial charge in [0.2, 0.25) is 0 Å². The van der Waals surface area contributed by atoms with Gasteiger partial charge in [-0.15, -0.1) is 0 Å². The molecule has 0 bridgehead atoms. The maximum Gasteiger partial charge on any atom is 0.119 e. The van der Waals surface area contributed by atoms with Crippen LogP contribution in [-0.4, -0.2) is 40.4 Å². The molecule has 0 aromatic heterocycles. The molecular formula is C19H23NO3. The van der Waals surface area contributed by atoms with Crippen LogP contribution in [0.15, 0.2) is 54.6 Å². The summed E-state index contributed by atoms with van der Waals surface area (Å²) in [6, 6.07) is 16.8. The Labute approximate surface area is 136 Å². The number of aromatic hydroxyl groups is 1. The summed E-state index contributed by atoms with van der Waals surface area (Å²) in [5.41, 5.74) is 0.321. The number of ether oxygens (including phenoxy) is 1. The molecule has 1 aliphatic heterocycles. The van der Waals surface area contributed by atoms with Crippen LogP contribution in [0.3, 0.4) is 0 Å². The molecule has 0 amide bonds. The summed E-state index contributed by atoms with van der Waals surface area (Å²) in [5, 5.41) is 20.2. The lowest BCUT2D eigenvalue weighted by atomic mass is 9.93. The maximum atomic E-state index is 10.8. The monoisotopic (exact) mass is 313 g/mol. The second-order valence-electron chi connectivity index (χ2n) is 6.31. The summed E-state index contributed by atoms with van der Waals surface area (Å²) in [7, 11) is 0. The Hall–Kier alpha value is -2.04. The van der Waals surface area contributed by atoms with Gasteiger partial charge in [-0.05, 0) is 49.2 Å². The highest BCUT2D eigenvalue weighted by Gasteiger charge is 2.34. The van der Waals surface area contributed by atoms with E-state index in [2.05, 4.69) is 4.90 Å². The van der Waals surface area contributed by atoms with Gasteiger partial charge in [-0.1, -0.05) is 30.3 Å². The molecule has 1 saturated heterocycles. The van der Waals surface area contributed by atoms with Crippen LogP contribution in [0.2, 0.25) is 0 Å². The van der Waals surface area contributed by atoms with Crippen molar-refractivity contribution in [2.45, 2.75) is 25.0 Å². The number of benzene rings is 2. The molecule has 0 saturated carbocycles. The Kier molecular flexibility index (Phi) is 4.84. The van der Waals surface area contributed by atoms with Crippen molar-refractivity contribution in [1.29, 1.82) is 0 Å². The van der Waals surface area contributed by atoms with Crippen molar-refractivity contribution < 1.29 is 14.9 Å². The van der Waals surface area contributed by atoms with Crippen LogP contribution in [0, 0.1) is 0 Å². The number of rotatable bonds is 5. The van der Waals surface area contributed by atoms with E-state index in [4.69, 9.17) is 4.74 Å². The largest absolute Gasteiger partial charge is 0.508 e. The number of phenolic OH excluding ortho intramolecular Hbond substituents is 1. The lowest BCUT2D eigenvalue weighted by molar-refractivity contribution is -0.0621. The Bertz CT molecular complexity index is 614. The van der Waals surface area contributed by atoms with Crippen LogP contribution in [0.5, 0.6) is 11.5 Å². The van der Waals surface area contributed by atoms with Crippen LogP contribution in [-0.2, 0) is 6.54 Å². The topological polar surface area (TPSA) is 52.9 Å². The van der Waals surface area contributed by atoms with Gasteiger partial charge in [0.25, 0.3) is 0 Å². The first kappa shape index (κ1) is 15.8. The smallest absolute Gasteiger partial charge is 0.119 e. The highest BCUT2D eigenvalue weighted by Crippen LogP contribution is 2.24. The van der Waals surface area contributed by atoms with E-state index in [9.17, 15) is 10.2 Å². The number of nitrogens with zero attached hydrogens (tertiary/aromatic N) is 1. The van der Waals surface area contributed by atoms with E-state index in [0.29, 0.717) is 13.2 Å². The van der Waals surface area contributed by atoms with E-state index in [1.165, 1.54) is 0 Å². The van der Waals surface area contributed by atoms with Crippen molar-refractivity contribution in [2.24, 2.45) is 0 Å². The van der Waals surface area contributed by atoms with E-state index in [0.717, 1.165) is 37.2 Å². The van der Waals surface area contributed by atoms with E-state index < -0.39 is 5.60 Å². The third kappa shape index (κ3) is 4.47. The van der Waals surface area contributed by atoms with Gasteiger partial charge in [0, 0.05) is 13.1 Å². The highest BCUT2D eigenvalue weighted by molar-refractivity contribution is 5.26. The third-order valence-corrected chi connectivity index (χ3v) is 4.23. The fourth-order valence-corrected chi connectivity index (χ4v) is 3.05. The molecule has 0 unspecified atom stereocenters. The van der Waals surface area contributed by atoms with E-state index >= 15 is 0 Å².